The highest BCUT2D eigenvalue weighted by Gasteiger charge is 2.04. The van der Waals surface area contributed by atoms with Crippen molar-refractivity contribution in [2.24, 2.45) is 0 Å². The molecule has 0 aliphatic carbocycles. The first-order valence-electron chi connectivity index (χ1n) is 4.63. The first-order chi connectivity index (χ1) is 7.65. The highest BCUT2D eigenvalue weighted by atomic mass is 79.9. The van der Waals surface area contributed by atoms with Crippen molar-refractivity contribution in [1.29, 1.82) is 0 Å². The Labute approximate surface area is 110 Å². The fraction of sp³-hybridized carbons (Fsp3) is 0.200. The molecule has 16 heavy (non-hydrogen) atoms. The molecule has 1 aromatic heterocycles. The maximum absolute atomic E-state index is 5.26. The third kappa shape index (κ3) is 2.82. The fourth-order valence-corrected chi connectivity index (χ4v) is 1.96. The predicted octanol–water partition coefficient (Wildman–Crippen LogP) is 3.52. The first kappa shape index (κ1) is 11.6. The SMILES string of the molecule is Cc1nnc(CNc2cc(Br)ccc2Br)o1. The molecule has 0 atom stereocenters. The van der Waals surface area contributed by atoms with Crippen LogP contribution in [0.4, 0.5) is 5.69 Å². The Morgan fingerprint density at radius 2 is 2.12 bits per heavy atom. The smallest absolute Gasteiger partial charge is 0.235 e. The van der Waals surface area contributed by atoms with Gasteiger partial charge in [-0.25, -0.2) is 0 Å². The van der Waals surface area contributed by atoms with Crippen LogP contribution in [-0.2, 0) is 6.54 Å². The molecule has 2 aromatic rings. The standard InChI is InChI=1S/C10H9Br2N3O/c1-6-14-15-10(16-6)5-13-9-4-7(11)2-3-8(9)12/h2-4,13H,5H2,1H3. The van der Waals surface area contributed by atoms with Crippen LogP contribution in [0.2, 0.25) is 0 Å². The van der Waals surface area contributed by atoms with E-state index >= 15 is 0 Å². The molecule has 84 valence electrons. The molecule has 0 bridgehead atoms. The van der Waals surface area contributed by atoms with Crippen molar-refractivity contribution in [2.75, 3.05) is 5.32 Å². The van der Waals surface area contributed by atoms with Crippen molar-refractivity contribution in [3.05, 3.63) is 38.9 Å². The topological polar surface area (TPSA) is 51.0 Å². The Morgan fingerprint density at radius 3 is 2.81 bits per heavy atom. The third-order valence-electron chi connectivity index (χ3n) is 1.93. The molecule has 4 nitrogen and oxygen atoms in total. The van der Waals surface area contributed by atoms with E-state index in [9.17, 15) is 0 Å². The van der Waals surface area contributed by atoms with Gasteiger partial charge in [0.15, 0.2) is 0 Å². The van der Waals surface area contributed by atoms with E-state index in [1.165, 1.54) is 0 Å². The van der Waals surface area contributed by atoms with Crippen molar-refractivity contribution in [2.45, 2.75) is 13.5 Å². The Balaban J connectivity index is 2.07. The van der Waals surface area contributed by atoms with Gasteiger partial charge in [0, 0.05) is 21.6 Å². The van der Waals surface area contributed by atoms with Crippen LogP contribution in [0.1, 0.15) is 11.8 Å². The van der Waals surface area contributed by atoms with E-state index < -0.39 is 0 Å². The molecule has 0 spiro atoms. The molecule has 0 saturated carbocycles. The average molecular weight is 347 g/mol. The molecule has 6 heteroatoms. The molecule has 0 amide bonds. The lowest BCUT2D eigenvalue weighted by Gasteiger charge is -2.06. The number of nitrogens with zero attached hydrogens (tertiary/aromatic N) is 2. The summed E-state index contributed by atoms with van der Waals surface area (Å²) in [7, 11) is 0. The summed E-state index contributed by atoms with van der Waals surface area (Å²) < 4.78 is 7.27. The largest absolute Gasteiger partial charge is 0.424 e. The van der Waals surface area contributed by atoms with Gasteiger partial charge < -0.3 is 9.73 Å². The average Bonchev–Trinajstić information content (AvgIpc) is 2.66. The van der Waals surface area contributed by atoms with E-state index in [-0.39, 0.29) is 0 Å². The number of hydrogen-bond donors (Lipinski definition) is 1. The fourth-order valence-electron chi connectivity index (χ4n) is 1.21. The number of aromatic nitrogens is 2. The summed E-state index contributed by atoms with van der Waals surface area (Å²) in [6, 6.07) is 5.91. The van der Waals surface area contributed by atoms with Gasteiger partial charge in [-0.3, -0.25) is 0 Å². The molecule has 0 aliphatic rings. The van der Waals surface area contributed by atoms with Crippen molar-refractivity contribution in [3.63, 3.8) is 0 Å². The van der Waals surface area contributed by atoms with E-state index in [1.807, 2.05) is 18.2 Å². The van der Waals surface area contributed by atoms with E-state index in [1.54, 1.807) is 6.92 Å². The zero-order chi connectivity index (χ0) is 11.5. The Bertz CT molecular complexity index is 499. The van der Waals surface area contributed by atoms with Crippen LogP contribution in [0.25, 0.3) is 0 Å². The Kier molecular flexibility index (Phi) is 3.60. The van der Waals surface area contributed by atoms with Gasteiger partial charge in [-0.1, -0.05) is 15.9 Å². The molecule has 1 heterocycles. The number of halogens is 2. The third-order valence-corrected chi connectivity index (χ3v) is 3.11. The normalized spacial score (nSPS) is 10.4. The van der Waals surface area contributed by atoms with Crippen LogP contribution in [-0.4, -0.2) is 10.2 Å². The summed E-state index contributed by atoms with van der Waals surface area (Å²) in [6.45, 7) is 2.28. The number of rotatable bonds is 3. The monoisotopic (exact) mass is 345 g/mol. The second-order valence-corrected chi connectivity index (χ2v) is 4.96. The van der Waals surface area contributed by atoms with Gasteiger partial charge in [0.25, 0.3) is 0 Å². The van der Waals surface area contributed by atoms with Crippen molar-refractivity contribution in [3.8, 4) is 0 Å². The van der Waals surface area contributed by atoms with Crippen molar-refractivity contribution < 1.29 is 4.42 Å². The van der Waals surface area contributed by atoms with Crippen molar-refractivity contribution in [1.82, 2.24) is 10.2 Å². The van der Waals surface area contributed by atoms with Gasteiger partial charge in [0.2, 0.25) is 11.8 Å². The summed E-state index contributed by atoms with van der Waals surface area (Å²) >= 11 is 6.87. The molecule has 1 N–H and O–H groups in total. The van der Waals surface area contributed by atoms with Crippen LogP contribution in [0.15, 0.2) is 31.6 Å². The molecule has 2 rings (SSSR count). The lowest BCUT2D eigenvalue weighted by molar-refractivity contribution is 0.475. The molecule has 1 aromatic carbocycles. The molecule has 0 radical (unpaired) electrons. The summed E-state index contributed by atoms with van der Waals surface area (Å²) in [4.78, 5) is 0. The summed E-state index contributed by atoms with van der Waals surface area (Å²) in [5.41, 5.74) is 0.977. The minimum Gasteiger partial charge on any atom is -0.424 e. The molecular weight excluding hydrogens is 338 g/mol. The molecule has 0 aliphatic heterocycles. The summed E-state index contributed by atoms with van der Waals surface area (Å²) in [5.74, 6) is 1.15. The van der Waals surface area contributed by atoms with Gasteiger partial charge in [-0.05, 0) is 34.1 Å². The highest BCUT2D eigenvalue weighted by Crippen LogP contribution is 2.26. The van der Waals surface area contributed by atoms with E-state index in [2.05, 4.69) is 47.4 Å². The first-order valence-corrected chi connectivity index (χ1v) is 6.21. The number of nitrogens with one attached hydrogen (secondary N) is 1. The van der Waals surface area contributed by atoms with Crippen LogP contribution >= 0.6 is 31.9 Å². The van der Waals surface area contributed by atoms with Gasteiger partial charge in [-0.2, -0.15) is 0 Å². The lowest BCUT2D eigenvalue weighted by Crippen LogP contribution is -2.00. The van der Waals surface area contributed by atoms with Gasteiger partial charge in [0.1, 0.15) is 0 Å². The van der Waals surface area contributed by atoms with Crippen molar-refractivity contribution >= 4 is 37.5 Å². The molecule has 0 saturated heterocycles. The zero-order valence-electron chi connectivity index (χ0n) is 8.50. The van der Waals surface area contributed by atoms with E-state index in [0.29, 0.717) is 18.3 Å². The second kappa shape index (κ2) is 4.97. The number of hydrogen-bond acceptors (Lipinski definition) is 4. The van der Waals surface area contributed by atoms with Crippen LogP contribution in [0.5, 0.6) is 0 Å². The van der Waals surface area contributed by atoms with E-state index in [4.69, 9.17) is 4.42 Å². The van der Waals surface area contributed by atoms with Gasteiger partial charge >= 0.3 is 0 Å². The Hall–Kier alpha value is -0.880. The zero-order valence-corrected chi connectivity index (χ0v) is 11.7. The number of aryl methyl sites for hydroxylation is 1. The summed E-state index contributed by atoms with van der Waals surface area (Å²) in [5, 5.41) is 10.9. The van der Waals surface area contributed by atoms with Crippen LogP contribution < -0.4 is 5.32 Å². The van der Waals surface area contributed by atoms with Crippen LogP contribution in [0, 0.1) is 6.92 Å². The number of benzene rings is 1. The number of anilines is 1. The lowest BCUT2D eigenvalue weighted by atomic mass is 10.3. The summed E-state index contributed by atoms with van der Waals surface area (Å²) in [6.07, 6.45) is 0. The molecule has 0 fully saturated rings. The Morgan fingerprint density at radius 1 is 1.31 bits per heavy atom. The van der Waals surface area contributed by atoms with Gasteiger partial charge in [-0.15, -0.1) is 10.2 Å². The minimum atomic E-state index is 0.510. The maximum Gasteiger partial charge on any atom is 0.235 e. The van der Waals surface area contributed by atoms with Gasteiger partial charge in [0.05, 0.1) is 6.54 Å². The molecular formula is C10H9Br2N3O. The van der Waals surface area contributed by atoms with Crippen LogP contribution in [0.3, 0.4) is 0 Å². The molecule has 0 unspecified atom stereocenters. The predicted molar refractivity (Wildman–Crippen MR) is 68.2 cm³/mol. The minimum absolute atomic E-state index is 0.510. The van der Waals surface area contributed by atoms with E-state index in [0.717, 1.165) is 14.6 Å². The quantitative estimate of drug-likeness (QED) is 0.923. The highest BCUT2D eigenvalue weighted by molar-refractivity contribution is 9.11. The second-order valence-electron chi connectivity index (χ2n) is 3.19. The maximum atomic E-state index is 5.26.